The Hall–Kier alpha value is -0.140. The molecule has 0 unspecified atom stereocenters. The fourth-order valence-corrected chi connectivity index (χ4v) is 1.92. The molecule has 0 nitrogen and oxygen atoms in total. The van der Waals surface area contributed by atoms with Gasteiger partial charge in [0, 0.05) is 5.02 Å². The molecular formula is C9H13ClS. The first kappa shape index (κ1) is 8.95. The molecule has 11 heavy (non-hydrogen) atoms. The number of rotatable bonds is 1. The maximum absolute atomic E-state index is 5.77. The molecule has 0 N–H and O–H groups in total. The predicted octanol–water partition coefficient (Wildman–Crippen LogP) is 3.39. The van der Waals surface area contributed by atoms with E-state index in [0.717, 1.165) is 5.02 Å². The fraction of sp³-hybridized carbons (Fsp3) is 0.333. The van der Waals surface area contributed by atoms with Gasteiger partial charge in [0.2, 0.25) is 0 Å². The van der Waals surface area contributed by atoms with Crippen molar-refractivity contribution in [3.8, 4) is 0 Å². The van der Waals surface area contributed by atoms with E-state index in [1.54, 1.807) is 0 Å². The summed E-state index contributed by atoms with van der Waals surface area (Å²) in [7, 11) is -0.578. The van der Waals surface area contributed by atoms with Crippen molar-refractivity contribution in [2.45, 2.75) is 4.90 Å². The van der Waals surface area contributed by atoms with E-state index in [2.05, 4.69) is 30.9 Å². The smallest absolute Gasteiger partial charge is 0.0406 e. The summed E-state index contributed by atoms with van der Waals surface area (Å²) in [5, 5.41) is 0.817. The summed E-state index contributed by atoms with van der Waals surface area (Å²) in [4.78, 5) is 1.40. The first-order valence-corrected chi connectivity index (χ1v) is 6.67. The molecule has 1 aromatic rings. The highest BCUT2D eigenvalue weighted by Gasteiger charge is 2.06. The van der Waals surface area contributed by atoms with Gasteiger partial charge in [0.15, 0.2) is 0 Å². The van der Waals surface area contributed by atoms with Gasteiger partial charge in [-0.2, -0.15) is 0 Å². The van der Waals surface area contributed by atoms with Gasteiger partial charge in [-0.15, -0.1) is 0 Å². The van der Waals surface area contributed by atoms with E-state index in [1.165, 1.54) is 4.90 Å². The van der Waals surface area contributed by atoms with Gasteiger partial charge in [0.25, 0.3) is 0 Å². The largest absolute Gasteiger partial charge is 0.223 e. The Morgan fingerprint density at radius 2 is 1.45 bits per heavy atom. The maximum atomic E-state index is 5.77. The highest BCUT2D eigenvalue weighted by molar-refractivity contribution is 8.32. The van der Waals surface area contributed by atoms with Gasteiger partial charge in [-0.05, 0) is 47.9 Å². The Balaban J connectivity index is 2.99. The molecule has 0 atom stereocenters. The van der Waals surface area contributed by atoms with Crippen molar-refractivity contribution in [3.05, 3.63) is 29.3 Å². The molecule has 0 radical (unpaired) electrons. The van der Waals surface area contributed by atoms with Crippen molar-refractivity contribution in [1.82, 2.24) is 0 Å². The average molecular weight is 189 g/mol. The zero-order valence-corrected chi connectivity index (χ0v) is 8.67. The van der Waals surface area contributed by atoms with Crippen molar-refractivity contribution >= 4 is 21.6 Å². The van der Waals surface area contributed by atoms with Gasteiger partial charge in [-0.1, -0.05) is 11.6 Å². The van der Waals surface area contributed by atoms with Crippen LogP contribution in [0, 0.1) is 0 Å². The fourth-order valence-electron chi connectivity index (χ4n) is 0.843. The molecule has 0 aliphatic carbocycles. The van der Waals surface area contributed by atoms with E-state index in [1.807, 2.05) is 12.1 Å². The first-order chi connectivity index (χ1) is 5.00. The summed E-state index contributed by atoms with van der Waals surface area (Å²) < 4.78 is 0. The van der Waals surface area contributed by atoms with Crippen LogP contribution in [-0.4, -0.2) is 18.8 Å². The number of benzene rings is 1. The van der Waals surface area contributed by atoms with Crippen LogP contribution in [0.2, 0.25) is 5.02 Å². The quantitative estimate of drug-likeness (QED) is 0.634. The summed E-state index contributed by atoms with van der Waals surface area (Å²) in [6.07, 6.45) is 6.82. The maximum Gasteiger partial charge on any atom is 0.0406 e. The number of halogens is 1. The summed E-state index contributed by atoms with van der Waals surface area (Å²) in [6, 6.07) is 8.12. The van der Waals surface area contributed by atoms with Crippen LogP contribution >= 0.6 is 21.6 Å². The van der Waals surface area contributed by atoms with Crippen molar-refractivity contribution in [2.75, 3.05) is 18.8 Å². The van der Waals surface area contributed by atoms with Gasteiger partial charge < -0.3 is 0 Å². The van der Waals surface area contributed by atoms with Crippen LogP contribution in [0.4, 0.5) is 0 Å². The average Bonchev–Trinajstić information content (AvgIpc) is 1.86. The molecule has 0 aliphatic heterocycles. The molecular weight excluding hydrogens is 176 g/mol. The van der Waals surface area contributed by atoms with Crippen LogP contribution in [0.1, 0.15) is 0 Å². The van der Waals surface area contributed by atoms with E-state index in [-0.39, 0.29) is 0 Å². The second-order valence-corrected chi connectivity index (χ2v) is 7.87. The van der Waals surface area contributed by atoms with E-state index in [0.29, 0.717) is 0 Å². The van der Waals surface area contributed by atoms with Gasteiger partial charge in [-0.3, -0.25) is 0 Å². The lowest BCUT2D eigenvalue weighted by Crippen LogP contribution is -1.91. The van der Waals surface area contributed by atoms with E-state index in [9.17, 15) is 0 Å². The zero-order chi connectivity index (χ0) is 8.48. The SMILES string of the molecule is CS(C)(C)c1ccc(Cl)cc1. The van der Waals surface area contributed by atoms with Crippen molar-refractivity contribution in [3.63, 3.8) is 0 Å². The standard InChI is InChI=1S/C9H13ClS/c1-11(2,3)9-6-4-8(10)5-7-9/h4-7H,1-3H3. The Labute approximate surface area is 74.9 Å². The Bertz CT molecular complexity index is 233. The number of hydrogen-bond donors (Lipinski definition) is 0. The minimum absolute atomic E-state index is 0.578. The van der Waals surface area contributed by atoms with E-state index in [4.69, 9.17) is 11.6 Å². The van der Waals surface area contributed by atoms with Crippen LogP contribution in [0.5, 0.6) is 0 Å². The predicted molar refractivity (Wildman–Crippen MR) is 55.1 cm³/mol. The molecule has 0 saturated heterocycles. The van der Waals surface area contributed by atoms with Crippen LogP contribution in [0.3, 0.4) is 0 Å². The van der Waals surface area contributed by atoms with Gasteiger partial charge in [-0.25, -0.2) is 10.0 Å². The highest BCUT2D eigenvalue weighted by Crippen LogP contribution is 2.44. The van der Waals surface area contributed by atoms with Gasteiger partial charge in [0.05, 0.1) is 0 Å². The molecule has 2 heteroatoms. The molecule has 0 aromatic heterocycles. The van der Waals surface area contributed by atoms with E-state index < -0.39 is 10.0 Å². The van der Waals surface area contributed by atoms with Crippen molar-refractivity contribution < 1.29 is 0 Å². The monoisotopic (exact) mass is 188 g/mol. The van der Waals surface area contributed by atoms with Gasteiger partial charge in [0.1, 0.15) is 0 Å². The Kier molecular flexibility index (Phi) is 2.50. The molecule has 0 heterocycles. The van der Waals surface area contributed by atoms with Crippen LogP contribution in [-0.2, 0) is 0 Å². The minimum atomic E-state index is -0.578. The molecule has 0 amide bonds. The molecule has 0 fully saturated rings. The normalized spacial score (nSPS) is 13.1. The van der Waals surface area contributed by atoms with E-state index >= 15 is 0 Å². The zero-order valence-electron chi connectivity index (χ0n) is 7.10. The molecule has 0 saturated carbocycles. The highest BCUT2D eigenvalue weighted by atomic mass is 35.5. The molecule has 0 bridgehead atoms. The Morgan fingerprint density at radius 1 is 1.00 bits per heavy atom. The third kappa shape index (κ3) is 2.42. The number of hydrogen-bond acceptors (Lipinski definition) is 0. The third-order valence-corrected chi connectivity index (χ3v) is 3.46. The Morgan fingerprint density at radius 3 is 1.82 bits per heavy atom. The third-order valence-electron chi connectivity index (χ3n) is 1.52. The van der Waals surface area contributed by atoms with Crippen LogP contribution in [0.25, 0.3) is 0 Å². The van der Waals surface area contributed by atoms with Crippen molar-refractivity contribution in [1.29, 1.82) is 0 Å². The van der Waals surface area contributed by atoms with Crippen LogP contribution < -0.4 is 0 Å². The first-order valence-electron chi connectivity index (χ1n) is 3.44. The summed E-state index contributed by atoms with van der Waals surface area (Å²) in [5.74, 6) is 0. The molecule has 0 aliphatic rings. The molecule has 1 rings (SSSR count). The van der Waals surface area contributed by atoms with Crippen LogP contribution in [0.15, 0.2) is 29.2 Å². The topological polar surface area (TPSA) is 0 Å². The molecule has 1 aromatic carbocycles. The van der Waals surface area contributed by atoms with Crippen molar-refractivity contribution in [2.24, 2.45) is 0 Å². The summed E-state index contributed by atoms with van der Waals surface area (Å²) >= 11 is 5.77. The second-order valence-electron chi connectivity index (χ2n) is 3.29. The molecule has 0 spiro atoms. The lowest BCUT2D eigenvalue weighted by Gasteiger charge is -2.25. The lowest BCUT2D eigenvalue weighted by atomic mass is 10.4. The van der Waals surface area contributed by atoms with Gasteiger partial charge >= 0.3 is 0 Å². The second kappa shape index (κ2) is 3.08. The minimum Gasteiger partial charge on any atom is -0.223 e. The summed E-state index contributed by atoms with van der Waals surface area (Å²) in [5.41, 5.74) is 0. The summed E-state index contributed by atoms with van der Waals surface area (Å²) in [6.45, 7) is 0. The lowest BCUT2D eigenvalue weighted by molar-refractivity contribution is 1.44. The molecule has 62 valence electrons.